The van der Waals surface area contributed by atoms with Gasteiger partial charge in [0.25, 0.3) is 0 Å². The van der Waals surface area contributed by atoms with E-state index in [1.54, 1.807) is 0 Å². The fraction of sp³-hybridized carbons (Fsp3) is 0.562. The zero-order valence-electron chi connectivity index (χ0n) is 12.2. The Balaban J connectivity index is 1.75. The van der Waals surface area contributed by atoms with Crippen molar-refractivity contribution in [2.24, 2.45) is 0 Å². The molecule has 1 heterocycles. The Morgan fingerprint density at radius 1 is 1.40 bits per heavy atom. The van der Waals surface area contributed by atoms with Crippen molar-refractivity contribution in [3.8, 4) is 0 Å². The zero-order chi connectivity index (χ0) is 14.2. The Morgan fingerprint density at radius 3 is 2.95 bits per heavy atom. The standard InChI is InChI=1S/C16H24N2O2/c1-2-20-16(19)11-17-15-9-6-10-18(13-15)12-14-7-4-3-5-8-14/h3-5,7-8,15,17H,2,6,9-13H2,1H3. The predicted octanol–water partition coefficient (Wildman–Crippen LogP) is 1.80. The average Bonchev–Trinajstić information content (AvgIpc) is 2.47. The maximum Gasteiger partial charge on any atom is 0.319 e. The molecule has 2 rings (SSSR count). The minimum atomic E-state index is -0.160. The molecule has 4 heteroatoms. The first-order valence-electron chi connectivity index (χ1n) is 7.43. The maximum atomic E-state index is 11.4. The lowest BCUT2D eigenvalue weighted by Gasteiger charge is -2.33. The molecule has 1 aromatic rings. The summed E-state index contributed by atoms with van der Waals surface area (Å²) in [6.07, 6.45) is 2.30. The lowest BCUT2D eigenvalue weighted by molar-refractivity contribution is -0.142. The van der Waals surface area contributed by atoms with Crippen LogP contribution in [0.2, 0.25) is 0 Å². The van der Waals surface area contributed by atoms with Crippen molar-refractivity contribution in [2.75, 3.05) is 26.2 Å². The molecule has 1 aliphatic rings. The molecule has 0 saturated carbocycles. The number of esters is 1. The molecular weight excluding hydrogens is 252 g/mol. The second-order valence-corrected chi connectivity index (χ2v) is 5.25. The van der Waals surface area contributed by atoms with Gasteiger partial charge in [0.05, 0.1) is 13.2 Å². The van der Waals surface area contributed by atoms with Gasteiger partial charge in [0.2, 0.25) is 0 Å². The van der Waals surface area contributed by atoms with Crippen molar-refractivity contribution in [1.82, 2.24) is 10.2 Å². The van der Waals surface area contributed by atoms with Gasteiger partial charge in [-0.15, -0.1) is 0 Å². The third-order valence-electron chi connectivity index (χ3n) is 3.59. The molecule has 1 atom stereocenters. The van der Waals surface area contributed by atoms with Gasteiger partial charge in [-0.05, 0) is 31.9 Å². The molecule has 0 radical (unpaired) electrons. The van der Waals surface area contributed by atoms with Crippen molar-refractivity contribution in [3.05, 3.63) is 35.9 Å². The van der Waals surface area contributed by atoms with E-state index in [0.29, 0.717) is 19.2 Å². The molecule has 0 spiro atoms. The fourth-order valence-electron chi connectivity index (χ4n) is 2.65. The number of likely N-dealkylation sites (tertiary alicyclic amines) is 1. The van der Waals surface area contributed by atoms with Gasteiger partial charge in [0, 0.05) is 19.1 Å². The Bertz CT molecular complexity index is 408. The largest absolute Gasteiger partial charge is 0.465 e. The molecule has 1 saturated heterocycles. The number of carbonyl (C=O) groups excluding carboxylic acids is 1. The first kappa shape index (κ1) is 15.0. The number of nitrogens with zero attached hydrogens (tertiary/aromatic N) is 1. The molecule has 1 unspecified atom stereocenters. The summed E-state index contributed by atoms with van der Waals surface area (Å²) in [7, 11) is 0. The maximum absolute atomic E-state index is 11.4. The van der Waals surface area contributed by atoms with Gasteiger partial charge >= 0.3 is 5.97 Å². The Morgan fingerprint density at radius 2 is 2.20 bits per heavy atom. The van der Waals surface area contributed by atoms with Gasteiger partial charge in [-0.25, -0.2) is 0 Å². The smallest absolute Gasteiger partial charge is 0.319 e. The minimum Gasteiger partial charge on any atom is -0.465 e. The fourth-order valence-corrected chi connectivity index (χ4v) is 2.65. The van der Waals surface area contributed by atoms with E-state index in [4.69, 9.17) is 4.74 Å². The normalized spacial score (nSPS) is 19.8. The molecule has 0 aliphatic carbocycles. The highest BCUT2D eigenvalue weighted by Crippen LogP contribution is 2.13. The van der Waals surface area contributed by atoms with Crippen LogP contribution in [0.15, 0.2) is 30.3 Å². The van der Waals surface area contributed by atoms with Crippen molar-refractivity contribution < 1.29 is 9.53 Å². The minimum absolute atomic E-state index is 0.160. The Hall–Kier alpha value is -1.39. The summed E-state index contributed by atoms with van der Waals surface area (Å²) in [5, 5.41) is 3.31. The molecule has 20 heavy (non-hydrogen) atoms. The van der Waals surface area contributed by atoms with Gasteiger partial charge in [0.1, 0.15) is 0 Å². The summed E-state index contributed by atoms with van der Waals surface area (Å²) in [6, 6.07) is 10.9. The SMILES string of the molecule is CCOC(=O)CNC1CCCN(Cc2ccccc2)C1. The third-order valence-corrected chi connectivity index (χ3v) is 3.59. The number of ether oxygens (including phenoxy) is 1. The number of piperidine rings is 1. The molecule has 1 fully saturated rings. The number of carbonyl (C=O) groups is 1. The van der Waals surface area contributed by atoms with Gasteiger partial charge in [-0.3, -0.25) is 9.69 Å². The number of hydrogen-bond acceptors (Lipinski definition) is 4. The highest BCUT2D eigenvalue weighted by atomic mass is 16.5. The predicted molar refractivity (Wildman–Crippen MR) is 79.4 cm³/mol. The van der Waals surface area contributed by atoms with Crippen molar-refractivity contribution in [1.29, 1.82) is 0 Å². The molecular formula is C16H24N2O2. The number of benzene rings is 1. The first-order chi connectivity index (χ1) is 9.78. The summed E-state index contributed by atoms with van der Waals surface area (Å²) in [5.41, 5.74) is 1.35. The highest BCUT2D eigenvalue weighted by molar-refractivity contribution is 5.71. The number of rotatable bonds is 6. The quantitative estimate of drug-likeness (QED) is 0.805. The highest BCUT2D eigenvalue weighted by Gasteiger charge is 2.20. The van der Waals surface area contributed by atoms with Crippen LogP contribution >= 0.6 is 0 Å². The van der Waals surface area contributed by atoms with Gasteiger partial charge in [-0.2, -0.15) is 0 Å². The van der Waals surface area contributed by atoms with E-state index in [1.165, 1.54) is 12.0 Å². The monoisotopic (exact) mass is 276 g/mol. The summed E-state index contributed by atoms with van der Waals surface area (Å²) in [4.78, 5) is 13.8. The molecule has 1 aromatic carbocycles. The summed E-state index contributed by atoms with van der Waals surface area (Å²) >= 11 is 0. The summed E-state index contributed by atoms with van der Waals surface area (Å²) in [5.74, 6) is -0.160. The molecule has 0 bridgehead atoms. The zero-order valence-corrected chi connectivity index (χ0v) is 12.2. The van der Waals surface area contributed by atoms with Crippen LogP contribution in [-0.2, 0) is 16.1 Å². The van der Waals surface area contributed by atoms with Crippen LogP contribution in [0.4, 0.5) is 0 Å². The van der Waals surface area contributed by atoms with E-state index in [9.17, 15) is 4.79 Å². The molecule has 4 nitrogen and oxygen atoms in total. The Labute approximate surface area is 121 Å². The van der Waals surface area contributed by atoms with Crippen molar-refractivity contribution in [2.45, 2.75) is 32.4 Å². The van der Waals surface area contributed by atoms with Crippen LogP contribution in [0.25, 0.3) is 0 Å². The summed E-state index contributed by atoms with van der Waals surface area (Å²) in [6.45, 7) is 5.71. The van der Waals surface area contributed by atoms with E-state index in [2.05, 4.69) is 34.5 Å². The molecule has 0 amide bonds. The van der Waals surface area contributed by atoms with Crippen LogP contribution in [0.3, 0.4) is 0 Å². The van der Waals surface area contributed by atoms with Crippen molar-refractivity contribution in [3.63, 3.8) is 0 Å². The first-order valence-corrected chi connectivity index (χ1v) is 7.43. The van der Waals surface area contributed by atoms with Crippen molar-refractivity contribution >= 4 is 5.97 Å². The van der Waals surface area contributed by atoms with Crippen LogP contribution in [0.1, 0.15) is 25.3 Å². The van der Waals surface area contributed by atoms with E-state index in [0.717, 1.165) is 26.1 Å². The second-order valence-electron chi connectivity index (χ2n) is 5.25. The number of nitrogens with one attached hydrogen (secondary N) is 1. The van der Waals surface area contributed by atoms with E-state index < -0.39 is 0 Å². The average molecular weight is 276 g/mol. The van der Waals surface area contributed by atoms with Crippen LogP contribution < -0.4 is 5.32 Å². The van der Waals surface area contributed by atoms with Crippen LogP contribution in [-0.4, -0.2) is 43.2 Å². The van der Waals surface area contributed by atoms with Gasteiger partial charge < -0.3 is 10.1 Å². The summed E-state index contributed by atoms with van der Waals surface area (Å²) < 4.78 is 4.94. The number of hydrogen-bond donors (Lipinski definition) is 1. The molecule has 1 N–H and O–H groups in total. The van der Waals surface area contributed by atoms with E-state index >= 15 is 0 Å². The lowest BCUT2D eigenvalue weighted by atomic mass is 10.0. The van der Waals surface area contributed by atoms with E-state index in [1.807, 2.05) is 13.0 Å². The van der Waals surface area contributed by atoms with Gasteiger partial charge in [0.15, 0.2) is 0 Å². The van der Waals surface area contributed by atoms with Crippen LogP contribution in [0, 0.1) is 0 Å². The molecule has 110 valence electrons. The molecule has 1 aliphatic heterocycles. The lowest BCUT2D eigenvalue weighted by Crippen LogP contribution is -2.46. The topological polar surface area (TPSA) is 41.6 Å². The third kappa shape index (κ3) is 4.94. The second kappa shape index (κ2) is 8.02. The van der Waals surface area contributed by atoms with E-state index in [-0.39, 0.29) is 5.97 Å². The van der Waals surface area contributed by atoms with Gasteiger partial charge in [-0.1, -0.05) is 30.3 Å². The Kier molecular flexibility index (Phi) is 6.02. The molecule has 0 aromatic heterocycles. The van der Waals surface area contributed by atoms with Crippen LogP contribution in [0.5, 0.6) is 0 Å².